The Morgan fingerprint density at radius 2 is 1.83 bits per heavy atom. The second-order valence-electron chi connectivity index (χ2n) is 5.34. The van der Waals surface area contributed by atoms with Crippen LogP contribution >= 0.6 is 0 Å². The van der Waals surface area contributed by atoms with Crippen molar-refractivity contribution in [1.82, 2.24) is 10.6 Å². The van der Waals surface area contributed by atoms with Crippen LogP contribution in [0.1, 0.15) is 29.8 Å². The molecule has 0 fully saturated rings. The van der Waals surface area contributed by atoms with Crippen LogP contribution in [0.4, 0.5) is 0 Å². The Balaban J connectivity index is 2.71. The van der Waals surface area contributed by atoms with E-state index < -0.39 is 12.0 Å². The van der Waals surface area contributed by atoms with Crippen LogP contribution in [-0.2, 0) is 20.9 Å². The van der Waals surface area contributed by atoms with Gasteiger partial charge < -0.3 is 15.4 Å². The minimum Gasteiger partial charge on any atom is -0.467 e. The number of ether oxygens (including phenoxy) is 1. The van der Waals surface area contributed by atoms with E-state index >= 15 is 0 Å². The first-order valence-electron chi connectivity index (χ1n) is 7.27. The predicted octanol–water partition coefficient (Wildman–Crippen LogP) is 1.42. The molecule has 6 heteroatoms. The second-order valence-corrected chi connectivity index (χ2v) is 5.34. The lowest BCUT2D eigenvalue weighted by molar-refractivity contribution is -0.144. The van der Waals surface area contributed by atoms with Crippen LogP contribution in [0, 0.1) is 5.92 Å². The van der Waals surface area contributed by atoms with E-state index in [0.717, 1.165) is 5.56 Å². The number of methoxy groups -OCH3 is 1. The molecule has 6 nitrogen and oxygen atoms in total. The summed E-state index contributed by atoms with van der Waals surface area (Å²) in [5.74, 6) is -1.17. The van der Waals surface area contributed by atoms with Gasteiger partial charge in [-0.3, -0.25) is 9.59 Å². The SMILES string of the molecule is C=CC(=O)NCc1ccc(C(=O)N[C@H](C(=O)OC)C(C)C)cc1. The molecule has 0 aliphatic carbocycles. The summed E-state index contributed by atoms with van der Waals surface area (Å²) in [4.78, 5) is 35.0. The van der Waals surface area contributed by atoms with Gasteiger partial charge in [-0.05, 0) is 29.7 Å². The average molecular weight is 318 g/mol. The van der Waals surface area contributed by atoms with Crippen LogP contribution in [0.2, 0.25) is 0 Å². The minimum absolute atomic E-state index is 0.0835. The van der Waals surface area contributed by atoms with Crippen molar-refractivity contribution in [3.63, 3.8) is 0 Å². The van der Waals surface area contributed by atoms with Crippen molar-refractivity contribution in [2.24, 2.45) is 5.92 Å². The lowest BCUT2D eigenvalue weighted by atomic mass is 10.0. The fourth-order valence-electron chi connectivity index (χ4n) is 1.88. The van der Waals surface area contributed by atoms with E-state index in [9.17, 15) is 14.4 Å². The normalized spacial score (nSPS) is 11.5. The Kier molecular flexibility index (Phi) is 6.99. The predicted molar refractivity (Wildman–Crippen MR) is 86.6 cm³/mol. The minimum atomic E-state index is -0.695. The first-order valence-corrected chi connectivity index (χ1v) is 7.27. The molecule has 0 aromatic heterocycles. The third-order valence-corrected chi connectivity index (χ3v) is 3.28. The van der Waals surface area contributed by atoms with Crippen LogP contribution in [0.5, 0.6) is 0 Å². The summed E-state index contributed by atoms with van der Waals surface area (Å²) < 4.78 is 4.69. The van der Waals surface area contributed by atoms with Gasteiger partial charge in [-0.1, -0.05) is 32.6 Å². The lowest BCUT2D eigenvalue weighted by Crippen LogP contribution is -2.45. The lowest BCUT2D eigenvalue weighted by Gasteiger charge is -2.19. The maximum Gasteiger partial charge on any atom is 0.328 e. The van der Waals surface area contributed by atoms with E-state index in [4.69, 9.17) is 4.74 Å². The number of rotatable bonds is 7. The average Bonchev–Trinajstić information content (AvgIpc) is 2.56. The highest BCUT2D eigenvalue weighted by Crippen LogP contribution is 2.08. The molecule has 0 heterocycles. The number of nitrogens with one attached hydrogen (secondary N) is 2. The van der Waals surface area contributed by atoms with Crippen molar-refractivity contribution >= 4 is 17.8 Å². The quantitative estimate of drug-likeness (QED) is 0.588. The summed E-state index contributed by atoms with van der Waals surface area (Å²) >= 11 is 0. The van der Waals surface area contributed by atoms with Gasteiger partial charge in [0.1, 0.15) is 6.04 Å². The van der Waals surface area contributed by atoms with Gasteiger partial charge in [0.25, 0.3) is 5.91 Å². The summed E-state index contributed by atoms with van der Waals surface area (Å²) in [6.07, 6.45) is 1.20. The zero-order chi connectivity index (χ0) is 17.4. The van der Waals surface area contributed by atoms with Gasteiger partial charge in [0.15, 0.2) is 0 Å². The largest absolute Gasteiger partial charge is 0.467 e. The molecule has 0 aliphatic heterocycles. The molecule has 1 atom stereocenters. The van der Waals surface area contributed by atoms with Crippen LogP contribution in [0.25, 0.3) is 0 Å². The molecule has 0 unspecified atom stereocenters. The molecule has 1 rings (SSSR count). The maximum atomic E-state index is 12.2. The van der Waals surface area contributed by atoms with E-state index in [1.165, 1.54) is 13.2 Å². The molecule has 1 aromatic rings. The number of carbonyl (C=O) groups excluding carboxylic acids is 3. The number of hydrogen-bond donors (Lipinski definition) is 2. The van der Waals surface area contributed by atoms with Gasteiger partial charge in [0, 0.05) is 12.1 Å². The van der Waals surface area contributed by atoms with E-state index in [2.05, 4.69) is 17.2 Å². The summed E-state index contributed by atoms with van der Waals surface area (Å²) in [6, 6.07) is 6.06. The third kappa shape index (κ3) is 5.58. The number of hydrogen-bond acceptors (Lipinski definition) is 4. The molecule has 0 spiro atoms. The summed E-state index contributed by atoms with van der Waals surface area (Å²) in [5, 5.41) is 5.31. The molecule has 1 aromatic carbocycles. The van der Waals surface area contributed by atoms with E-state index in [0.29, 0.717) is 12.1 Å². The summed E-state index contributed by atoms with van der Waals surface area (Å²) in [6.45, 7) is 7.37. The van der Waals surface area contributed by atoms with Crippen LogP contribution in [-0.4, -0.2) is 30.9 Å². The smallest absolute Gasteiger partial charge is 0.328 e. The molecule has 0 bridgehead atoms. The van der Waals surface area contributed by atoms with Gasteiger partial charge in [0.05, 0.1) is 7.11 Å². The number of esters is 1. The van der Waals surface area contributed by atoms with E-state index in [1.54, 1.807) is 24.3 Å². The topological polar surface area (TPSA) is 84.5 Å². The van der Waals surface area contributed by atoms with Gasteiger partial charge in [-0.25, -0.2) is 4.79 Å². The standard InChI is InChI=1S/C17H22N2O4/c1-5-14(20)18-10-12-6-8-13(9-7-12)16(21)19-15(11(2)3)17(22)23-4/h5-9,11,15H,1,10H2,2-4H3,(H,18,20)(H,19,21)/t15-/m0/s1. The molecule has 0 saturated carbocycles. The molecule has 0 aliphatic rings. The van der Waals surface area contributed by atoms with Crippen LogP contribution < -0.4 is 10.6 Å². The van der Waals surface area contributed by atoms with Crippen molar-refractivity contribution in [2.45, 2.75) is 26.4 Å². The van der Waals surface area contributed by atoms with Crippen LogP contribution in [0.15, 0.2) is 36.9 Å². The first kappa shape index (κ1) is 18.4. The fourth-order valence-corrected chi connectivity index (χ4v) is 1.88. The highest BCUT2D eigenvalue weighted by atomic mass is 16.5. The molecule has 2 amide bonds. The Morgan fingerprint density at radius 1 is 1.22 bits per heavy atom. The Bertz CT molecular complexity index is 579. The van der Waals surface area contributed by atoms with Gasteiger partial charge in [-0.2, -0.15) is 0 Å². The molecule has 0 radical (unpaired) electrons. The highest BCUT2D eigenvalue weighted by molar-refractivity contribution is 5.96. The number of amides is 2. The Hall–Kier alpha value is -2.63. The highest BCUT2D eigenvalue weighted by Gasteiger charge is 2.25. The van der Waals surface area contributed by atoms with Crippen molar-refractivity contribution < 1.29 is 19.1 Å². The molecule has 2 N–H and O–H groups in total. The molecular formula is C17H22N2O4. The number of benzene rings is 1. The van der Waals surface area contributed by atoms with Crippen molar-refractivity contribution in [2.75, 3.05) is 7.11 Å². The van der Waals surface area contributed by atoms with E-state index in [1.807, 2.05) is 13.8 Å². The zero-order valence-corrected chi connectivity index (χ0v) is 13.6. The maximum absolute atomic E-state index is 12.2. The van der Waals surface area contributed by atoms with Crippen molar-refractivity contribution in [3.8, 4) is 0 Å². The van der Waals surface area contributed by atoms with Gasteiger partial charge >= 0.3 is 5.97 Å². The Labute approximate surface area is 135 Å². The second kappa shape index (κ2) is 8.73. The van der Waals surface area contributed by atoms with E-state index in [-0.39, 0.29) is 17.7 Å². The molecular weight excluding hydrogens is 296 g/mol. The zero-order valence-electron chi connectivity index (χ0n) is 13.6. The molecule has 0 saturated heterocycles. The fraction of sp³-hybridized carbons (Fsp3) is 0.353. The van der Waals surface area contributed by atoms with Crippen LogP contribution in [0.3, 0.4) is 0 Å². The molecule has 124 valence electrons. The van der Waals surface area contributed by atoms with Crippen molar-refractivity contribution in [1.29, 1.82) is 0 Å². The first-order chi connectivity index (χ1) is 10.9. The summed E-state index contributed by atoms with van der Waals surface area (Å²) in [5.41, 5.74) is 1.28. The third-order valence-electron chi connectivity index (χ3n) is 3.28. The monoisotopic (exact) mass is 318 g/mol. The van der Waals surface area contributed by atoms with Gasteiger partial charge in [-0.15, -0.1) is 0 Å². The van der Waals surface area contributed by atoms with Gasteiger partial charge in [0.2, 0.25) is 5.91 Å². The summed E-state index contributed by atoms with van der Waals surface area (Å²) in [7, 11) is 1.29. The Morgan fingerprint density at radius 3 is 2.30 bits per heavy atom. The number of carbonyl (C=O) groups is 3. The van der Waals surface area contributed by atoms with Crippen molar-refractivity contribution in [3.05, 3.63) is 48.0 Å². The molecule has 23 heavy (non-hydrogen) atoms.